The summed E-state index contributed by atoms with van der Waals surface area (Å²) in [5.41, 5.74) is 3.64. The fraction of sp³-hybridized carbons (Fsp3) is 0.800. The number of ketones is 1. The van der Waals surface area contributed by atoms with Crippen LogP contribution in [-0.2, 0) is 9.53 Å². The number of ether oxygens (including phenoxy) is 1. The van der Waals surface area contributed by atoms with E-state index in [0.29, 0.717) is 0 Å². The van der Waals surface area contributed by atoms with E-state index < -0.39 is 46.8 Å². The minimum atomic E-state index is -2.03. The molecule has 3 atom stereocenters. The van der Waals surface area contributed by atoms with Crippen LogP contribution in [0.5, 0.6) is 0 Å². The summed E-state index contributed by atoms with van der Waals surface area (Å²) in [4.78, 5) is 21.9. The van der Waals surface area contributed by atoms with Gasteiger partial charge in [-0.1, -0.05) is 13.8 Å². The molecule has 18 heavy (non-hydrogen) atoms. The molecular weight excluding hydrogens is 366 g/mol. The van der Waals surface area contributed by atoms with E-state index in [-0.39, 0.29) is 0 Å². The summed E-state index contributed by atoms with van der Waals surface area (Å²) in [6, 6.07) is 0. The standard InChI is InChI=1S/C10H15F3INO3/c1-10(2,4-11)3-5(12)7(18-9(15)17)6(16)8(13)14/h5,7-8H,3-4H2,1-2H3,(H2,15,17). The molecule has 0 spiro atoms. The van der Waals surface area contributed by atoms with Crippen LogP contribution in [0, 0.1) is 5.41 Å². The maximum Gasteiger partial charge on any atom is 0.405 e. The molecule has 0 fully saturated rings. The van der Waals surface area contributed by atoms with Crippen LogP contribution in [0.25, 0.3) is 0 Å². The highest BCUT2D eigenvalue weighted by Gasteiger charge is 2.38. The van der Waals surface area contributed by atoms with Gasteiger partial charge in [0.05, 0.1) is 6.67 Å². The topological polar surface area (TPSA) is 69.4 Å². The highest BCUT2D eigenvalue weighted by atomic mass is 127. The molecule has 0 bridgehead atoms. The molecule has 4 nitrogen and oxygen atoms in total. The van der Waals surface area contributed by atoms with Gasteiger partial charge in [-0.05, 0) is 34.4 Å². The molecule has 0 aromatic carbocycles. The number of rotatable bonds is 7. The number of alkyl halides is 4. The van der Waals surface area contributed by atoms with Crippen LogP contribution >= 0.6 is 22.6 Å². The average molecular weight is 381 g/mol. The van der Waals surface area contributed by atoms with E-state index >= 15 is 0 Å². The Balaban J connectivity index is 4.85. The third-order valence-electron chi connectivity index (χ3n) is 2.18. The molecule has 0 aliphatic rings. The van der Waals surface area contributed by atoms with Gasteiger partial charge in [0.15, 0.2) is 6.10 Å². The van der Waals surface area contributed by atoms with Crippen molar-refractivity contribution in [2.24, 2.45) is 11.1 Å². The SMILES string of the molecule is CC(C)(CF)CC(F)C(OC(N)=O)C(=O)C(F)I. The molecular formula is C10H15F3INO3. The summed E-state index contributed by atoms with van der Waals surface area (Å²) in [6.45, 7) is 2.04. The Bertz CT molecular complexity index is 313. The van der Waals surface area contributed by atoms with Crippen molar-refractivity contribution >= 4 is 34.5 Å². The Morgan fingerprint density at radius 1 is 1.39 bits per heavy atom. The first-order valence-corrected chi connectivity index (χ1v) is 6.33. The van der Waals surface area contributed by atoms with Crippen LogP contribution in [0.2, 0.25) is 0 Å². The molecule has 0 rings (SSSR count). The van der Waals surface area contributed by atoms with Gasteiger partial charge in [0.1, 0.15) is 6.17 Å². The Morgan fingerprint density at radius 3 is 2.22 bits per heavy atom. The fourth-order valence-electron chi connectivity index (χ4n) is 1.25. The van der Waals surface area contributed by atoms with Crippen LogP contribution in [0.3, 0.4) is 0 Å². The number of hydrogen-bond acceptors (Lipinski definition) is 3. The van der Waals surface area contributed by atoms with E-state index in [1.807, 2.05) is 0 Å². The van der Waals surface area contributed by atoms with Crippen molar-refractivity contribution < 1.29 is 27.5 Å². The van der Waals surface area contributed by atoms with Crippen molar-refractivity contribution in [1.29, 1.82) is 0 Å². The van der Waals surface area contributed by atoms with Crippen molar-refractivity contribution in [2.45, 2.75) is 36.7 Å². The number of halogens is 4. The van der Waals surface area contributed by atoms with E-state index in [1.54, 1.807) is 0 Å². The lowest BCUT2D eigenvalue weighted by Gasteiger charge is -2.26. The van der Waals surface area contributed by atoms with E-state index in [0.717, 1.165) is 22.6 Å². The second kappa shape index (κ2) is 7.15. The molecule has 2 N–H and O–H groups in total. The second-order valence-electron chi connectivity index (χ2n) is 4.58. The van der Waals surface area contributed by atoms with Crippen LogP contribution < -0.4 is 5.73 Å². The number of carbonyl (C=O) groups excluding carboxylic acids is 2. The Labute approximate surface area is 117 Å². The zero-order chi connectivity index (χ0) is 14.5. The quantitative estimate of drug-likeness (QED) is 0.544. The van der Waals surface area contributed by atoms with Gasteiger partial charge in [0, 0.05) is 0 Å². The van der Waals surface area contributed by atoms with Gasteiger partial charge in [-0.25, -0.2) is 13.6 Å². The number of Topliss-reactive ketones (excluding diaryl/α,β-unsaturated/α-hetero) is 1. The third-order valence-corrected chi connectivity index (χ3v) is 2.79. The first-order chi connectivity index (χ1) is 8.10. The first-order valence-electron chi connectivity index (χ1n) is 5.08. The van der Waals surface area contributed by atoms with Gasteiger partial charge < -0.3 is 10.5 Å². The summed E-state index contributed by atoms with van der Waals surface area (Å²) in [7, 11) is 0. The van der Waals surface area contributed by atoms with Crippen LogP contribution in [-0.4, -0.2) is 35.0 Å². The summed E-state index contributed by atoms with van der Waals surface area (Å²) in [5.74, 6) is -1.24. The maximum absolute atomic E-state index is 13.8. The fourth-order valence-corrected chi connectivity index (χ4v) is 1.60. The number of amides is 1. The predicted octanol–water partition coefficient (Wildman–Crippen LogP) is 2.47. The van der Waals surface area contributed by atoms with E-state index in [9.17, 15) is 22.8 Å². The predicted molar refractivity (Wildman–Crippen MR) is 67.6 cm³/mol. The van der Waals surface area contributed by atoms with Crippen molar-refractivity contribution in [3.63, 3.8) is 0 Å². The second-order valence-corrected chi connectivity index (χ2v) is 5.67. The van der Waals surface area contributed by atoms with Crippen LogP contribution in [0.15, 0.2) is 0 Å². The number of hydrogen-bond donors (Lipinski definition) is 1. The summed E-state index contributed by atoms with van der Waals surface area (Å²) in [6.07, 6.45) is -5.73. The van der Waals surface area contributed by atoms with E-state index in [4.69, 9.17) is 0 Å². The summed E-state index contributed by atoms with van der Waals surface area (Å²) in [5, 5.41) is 0. The lowest BCUT2D eigenvalue weighted by molar-refractivity contribution is -0.132. The Hall–Kier alpha value is -0.540. The summed E-state index contributed by atoms with van der Waals surface area (Å²) >= 11 is 1.12. The molecule has 0 saturated heterocycles. The molecule has 0 aromatic heterocycles. The number of primary amides is 1. The van der Waals surface area contributed by atoms with Gasteiger partial charge in [-0.15, -0.1) is 0 Å². The van der Waals surface area contributed by atoms with Gasteiger partial charge in [-0.2, -0.15) is 0 Å². The number of carbonyl (C=O) groups is 2. The zero-order valence-corrected chi connectivity index (χ0v) is 12.1. The molecule has 1 amide bonds. The normalized spacial score (nSPS) is 16.8. The van der Waals surface area contributed by atoms with Gasteiger partial charge >= 0.3 is 6.09 Å². The van der Waals surface area contributed by atoms with Crippen LogP contribution in [0.1, 0.15) is 20.3 Å². The maximum atomic E-state index is 13.8. The largest absolute Gasteiger partial charge is 0.435 e. The van der Waals surface area contributed by atoms with E-state index in [2.05, 4.69) is 10.5 Å². The van der Waals surface area contributed by atoms with Crippen molar-refractivity contribution in [3.05, 3.63) is 0 Å². The molecule has 0 aliphatic heterocycles. The monoisotopic (exact) mass is 381 g/mol. The molecule has 0 radical (unpaired) electrons. The minimum Gasteiger partial charge on any atom is -0.435 e. The van der Waals surface area contributed by atoms with E-state index in [1.165, 1.54) is 13.8 Å². The highest BCUT2D eigenvalue weighted by Crippen LogP contribution is 2.28. The summed E-state index contributed by atoms with van der Waals surface area (Å²) < 4.78 is 41.5. The molecule has 0 saturated carbocycles. The number of nitrogens with two attached hydrogens (primary N) is 1. The minimum absolute atomic E-state index is 0.392. The Morgan fingerprint density at radius 2 is 1.89 bits per heavy atom. The Kier molecular flexibility index (Phi) is 6.93. The average Bonchev–Trinajstić information content (AvgIpc) is 2.23. The van der Waals surface area contributed by atoms with Crippen molar-refractivity contribution in [1.82, 2.24) is 0 Å². The zero-order valence-electron chi connectivity index (χ0n) is 9.96. The lowest BCUT2D eigenvalue weighted by atomic mass is 9.86. The highest BCUT2D eigenvalue weighted by molar-refractivity contribution is 14.1. The van der Waals surface area contributed by atoms with Crippen molar-refractivity contribution in [3.8, 4) is 0 Å². The van der Waals surface area contributed by atoms with Gasteiger partial charge in [-0.3, -0.25) is 9.18 Å². The molecule has 0 aliphatic carbocycles. The van der Waals surface area contributed by atoms with Gasteiger partial charge in [0.2, 0.25) is 9.96 Å². The molecule has 0 heterocycles. The lowest BCUT2D eigenvalue weighted by Crippen LogP contribution is -2.42. The first kappa shape index (κ1) is 17.5. The van der Waals surface area contributed by atoms with Crippen LogP contribution in [0.4, 0.5) is 18.0 Å². The molecule has 106 valence electrons. The molecule has 0 aromatic rings. The van der Waals surface area contributed by atoms with Gasteiger partial charge in [0.25, 0.3) is 0 Å². The molecule has 3 unspecified atom stereocenters. The van der Waals surface area contributed by atoms with Crippen molar-refractivity contribution in [2.75, 3.05) is 6.67 Å². The third kappa shape index (κ3) is 5.87. The molecule has 8 heteroatoms. The smallest absolute Gasteiger partial charge is 0.405 e.